The predicted octanol–water partition coefficient (Wildman–Crippen LogP) is 1.18. The van der Waals surface area contributed by atoms with Gasteiger partial charge in [-0.2, -0.15) is 15.0 Å². The normalized spacial score (nSPS) is 13.2. The molecule has 3 rings (SSSR count). The van der Waals surface area contributed by atoms with E-state index in [1.54, 1.807) is 22.8 Å². The van der Waals surface area contributed by atoms with Crippen LogP contribution in [-0.4, -0.2) is 64.1 Å². The van der Waals surface area contributed by atoms with Gasteiger partial charge in [-0.25, -0.2) is 0 Å². The van der Waals surface area contributed by atoms with Gasteiger partial charge in [-0.3, -0.25) is 9.13 Å². The van der Waals surface area contributed by atoms with Gasteiger partial charge in [0, 0.05) is 12.7 Å². The lowest BCUT2D eigenvalue weighted by atomic mass is 10.1. The molecular weight excluding hydrogens is 429 g/mol. The molecule has 0 aliphatic carbocycles. The quantitative estimate of drug-likeness (QED) is 0.378. The first-order chi connectivity index (χ1) is 14.8. The van der Waals surface area contributed by atoms with Crippen molar-refractivity contribution in [2.75, 3.05) is 40.3 Å². The fourth-order valence-corrected chi connectivity index (χ4v) is 3.80. The molecule has 0 radical (unpaired) electrons. The Morgan fingerprint density at radius 1 is 1.16 bits per heavy atom. The van der Waals surface area contributed by atoms with Gasteiger partial charge in [0.1, 0.15) is 12.4 Å². The molecule has 0 aliphatic heterocycles. The van der Waals surface area contributed by atoms with E-state index in [1.165, 1.54) is 21.3 Å². The Balaban J connectivity index is 2.04. The summed E-state index contributed by atoms with van der Waals surface area (Å²) in [5.74, 6) is 0.565. The molecule has 2 aromatic heterocycles. The molecule has 0 amide bonds. The van der Waals surface area contributed by atoms with Crippen LogP contribution in [0.3, 0.4) is 0 Å². The number of nitrogen functional groups attached to an aromatic ring is 1. The highest BCUT2D eigenvalue weighted by Crippen LogP contribution is 2.46. The van der Waals surface area contributed by atoms with Gasteiger partial charge in [0.05, 0.1) is 33.5 Å². The van der Waals surface area contributed by atoms with Crippen LogP contribution >= 0.6 is 7.60 Å². The largest absolute Gasteiger partial charge is 0.496 e. The number of hydrogen-bond acceptors (Lipinski definition) is 10. The molecule has 0 saturated heterocycles. The minimum absolute atomic E-state index is 0.000383. The Morgan fingerprint density at radius 3 is 2.58 bits per heavy atom. The lowest BCUT2D eigenvalue weighted by Gasteiger charge is -2.14. The number of aliphatic hydroxyl groups excluding tert-OH is 1. The molecule has 0 spiro atoms. The topological polar surface area (TPSA) is 164 Å². The number of benzene rings is 1. The molecule has 2 heterocycles. The number of imidazole rings is 1. The van der Waals surface area contributed by atoms with Crippen molar-refractivity contribution in [2.45, 2.75) is 12.7 Å². The third kappa shape index (κ3) is 5.05. The van der Waals surface area contributed by atoms with E-state index in [4.69, 9.17) is 29.6 Å². The molecule has 4 N–H and O–H groups in total. The molecular formula is C18H24N5O7P. The van der Waals surface area contributed by atoms with E-state index in [1.807, 2.05) is 0 Å². The summed E-state index contributed by atoms with van der Waals surface area (Å²) in [6.45, 7) is 0.0722. The molecule has 0 saturated carbocycles. The number of anilines is 1. The molecule has 3 aromatic rings. The average Bonchev–Trinajstić information content (AvgIpc) is 3.10. The van der Waals surface area contributed by atoms with Crippen LogP contribution in [0.15, 0.2) is 18.2 Å². The second kappa shape index (κ2) is 9.48. The summed E-state index contributed by atoms with van der Waals surface area (Å²) in [6, 6.07) is 5.48. The van der Waals surface area contributed by atoms with Crippen molar-refractivity contribution in [2.24, 2.45) is 0 Å². The van der Waals surface area contributed by atoms with Crippen LogP contribution in [-0.2, 0) is 21.8 Å². The number of hydrogen-bond donors (Lipinski definition) is 3. The smallest absolute Gasteiger partial charge is 0.332 e. The summed E-state index contributed by atoms with van der Waals surface area (Å²) in [7, 11) is 0.321. The van der Waals surface area contributed by atoms with Gasteiger partial charge in [0.25, 0.3) is 6.01 Å². The molecule has 0 bridgehead atoms. The first kappa shape index (κ1) is 22.8. The lowest BCUT2D eigenvalue weighted by Crippen LogP contribution is -2.08. The van der Waals surface area contributed by atoms with Crippen LogP contribution in [0.5, 0.6) is 17.8 Å². The number of nitrogens with zero attached hydrogens (tertiary/aromatic N) is 4. The zero-order valence-electron chi connectivity index (χ0n) is 17.3. The Hall–Kier alpha value is -2.92. The standard InChI is InChI=1S/C18H24N5O7P/c1-27-13-5-4-11(8-12(13)10-31(25,26)29-3)9-23-16-14(20-18(23)28-2)15(19)21-17(22-16)30-7-6-24/h4-5,8,24H,6-7,9-10H2,1-3H3,(H,25,26)(H2,19,21,22). The summed E-state index contributed by atoms with van der Waals surface area (Å²) in [5.41, 5.74) is 7.98. The molecule has 0 fully saturated rings. The molecule has 13 heteroatoms. The van der Waals surface area contributed by atoms with Crippen molar-refractivity contribution in [3.8, 4) is 17.8 Å². The Bertz CT molecular complexity index is 1120. The van der Waals surface area contributed by atoms with E-state index < -0.39 is 7.60 Å². The number of fused-ring (bicyclic) bond motifs is 1. The summed E-state index contributed by atoms with van der Waals surface area (Å²) in [4.78, 5) is 22.6. The van der Waals surface area contributed by atoms with Crippen molar-refractivity contribution in [3.63, 3.8) is 0 Å². The summed E-state index contributed by atoms with van der Waals surface area (Å²) >= 11 is 0. The van der Waals surface area contributed by atoms with Crippen LogP contribution in [0.1, 0.15) is 11.1 Å². The third-order valence-corrected chi connectivity index (χ3v) is 5.72. The predicted molar refractivity (Wildman–Crippen MR) is 112 cm³/mol. The number of aliphatic hydroxyl groups is 1. The monoisotopic (exact) mass is 453 g/mol. The summed E-state index contributed by atoms with van der Waals surface area (Å²) in [5, 5.41) is 8.96. The molecule has 12 nitrogen and oxygen atoms in total. The SMILES string of the molecule is COc1ccc(Cn2c(OC)nc3c(N)nc(OCCO)nc32)cc1CP(=O)(O)OC. The van der Waals surface area contributed by atoms with Crippen molar-refractivity contribution < 1.29 is 33.3 Å². The van der Waals surface area contributed by atoms with Gasteiger partial charge in [-0.05, 0) is 17.7 Å². The molecule has 31 heavy (non-hydrogen) atoms. The number of methoxy groups -OCH3 is 2. The van der Waals surface area contributed by atoms with Gasteiger partial charge in [0.2, 0.25) is 0 Å². The lowest BCUT2D eigenvalue weighted by molar-refractivity contribution is 0.192. The van der Waals surface area contributed by atoms with Gasteiger partial charge in [-0.15, -0.1) is 0 Å². The van der Waals surface area contributed by atoms with Gasteiger partial charge in [0.15, 0.2) is 17.0 Å². The van der Waals surface area contributed by atoms with Crippen LogP contribution < -0.4 is 19.9 Å². The number of ether oxygens (including phenoxy) is 3. The van der Waals surface area contributed by atoms with Crippen LogP contribution in [0, 0.1) is 0 Å². The molecule has 1 unspecified atom stereocenters. The number of nitrogens with two attached hydrogens (primary N) is 1. The maximum atomic E-state index is 12.1. The molecule has 0 aliphatic rings. The Kier molecular flexibility index (Phi) is 6.96. The van der Waals surface area contributed by atoms with Crippen molar-refractivity contribution >= 4 is 24.6 Å². The van der Waals surface area contributed by atoms with E-state index in [0.717, 1.165) is 5.56 Å². The fraction of sp³-hybridized carbons (Fsp3) is 0.389. The molecule has 1 atom stereocenters. The third-order valence-electron chi connectivity index (χ3n) is 4.41. The van der Waals surface area contributed by atoms with E-state index >= 15 is 0 Å². The minimum atomic E-state index is -3.80. The molecule has 168 valence electrons. The summed E-state index contributed by atoms with van der Waals surface area (Å²) in [6.07, 6.45) is -0.212. The van der Waals surface area contributed by atoms with Gasteiger partial charge >= 0.3 is 13.6 Å². The molecule has 1 aromatic carbocycles. The second-order valence-corrected chi connectivity index (χ2v) is 8.40. The van der Waals surface area contributed by atoms with Gasteiger partial charge in [-0.1, -0.05) is 6.07 Å². The van der Waals surface area contributed by atoms with Gasteiger partial charge < -0.3 is 34.5 Å². The van der Waals surface area contributed by atoms with E-state index in [2.05, 4.69) is 15.0 Å². The van der Waals surface area contributed by atoms with Crippen molar-refractivity contribution in [3.05, 3.63) is 29.3 Å². The van der Waals surface area contributed by atoms with Crippen LogP contribution in [0.2, 0.25) is 0 Å². The minimum Gasteiger partial charge on any atom is -0.496 e. The number of aromatic nitrogens is 4. The zero-order valence-corrected chi connectivity index (χ0v) is 18.2. The highest BCUT2D eigenvalue weighted by Gasteiger charge is 2.22. The van der Waals surface area contributed by atoms with E-state index in [-0.39, 0.29) is 43.8 Å². The Labute approximate surface area is 178 Å². The first-order valence-corrected chi connectivity index (χ1v) is 10.9. The fourth-order valence-electron chi connectivity index (χ4n) is 3.00. The van der Waals surface area contributed by atoms with Crippen LogP contribution in [0.25, 0.3) is 11.2 Å². The van der Waals surface area contributed by atoms with Crippen molar-refractivity contribution in [1.82, 2.24) is 19.5 Å². The Morgan fingerprint density at radius 2 is 1.94 bits per heavy atom. The number of rotatable bonds is 10. The maximum Gasteiger partial charge on any atom is 0.332 e. The first-order valence-electron chi connectivity index (χ1n) is 9.16. The highest BCUT2D eigenvalue weighted by molar-refractivity contribution is 7.51. The maximum absolute atomic E-state index is 12.1. The van der Waals surface area contributed by atoms with Crippen LogP contribution in [0.4, 0.5) is 5.82 Å². The van der Waals surface area contributed by atoms with Crippen molar-refractivity contribution in [1.29, 1.82) is 0 Å². The highest BCUT2D eigenvalue weighted by atomic mass is 31.2. The summed E-state index contributed by atoms with van der Waals surface area (Å²) < 4.78 is 34.4. The average molecular weight is 453 g/mol. The van der Waals surface area contributed by atoms with E-state index in [0.29, 0.717) is 22.5 Å². The zero-order chi connectivity index (χ0) is 22.6. The second-order valence-electron chi connectivity index (χ2n) is 6.44. The van der Waals surface area contributed by atoms with E-state index in [9.17, 15) is 9.46 Å².